The third kappa shape index (κ3) is 7.30. The molecule has 1 aromatic carbocycles. The molecule has 1 aromatic heterocycles. The van der Waals surface area contributed by atoms with Crippen LogP contribution in [0.5, 0.6) is 0 Å². The molecule has 0 fully saturated rings. The summed E-state index contributed by atoms with van der Waals surface area (Å²) in [5.74, 6) is 0.900. The molecule has 0 aliphatic rings. The van der Waals surface area contributed by atoms with Crippen LogP contribution in [-0.4, -0.2) is 28.1 Å². The van der Waals surface area contributed by atoms with Crippen LogP contribution in [0.3, 0.4) is 0 Å². The number of imidazole rings is 1. The monoisotopic (exact) mass is 355 g/mol. The van der Waals surface area contributed by atoms with Crippen LogP contribution >= 0.6 is 0 Å². The molecular weight excluding hydrogens is 322 g/mol. The molecule has 2 N–H and O–H groups in total. The first-order chi connectivity index (χ1) is 12.7. The molecule has 0 aliphatic heterocycles. The van der Waals surface area contributed by atoms with Gasteiger partial charge in [0, 0.05) is 31.5 Å². The normalized spacial score (nSPS) is 12.8. The van der Waals surface area contributed by atoms with Crippen molar-refractivity contribution >= 4 is 5.96 Å². The third-order valence-electron chi connectivity index (χ3n) is 4.30. The van der Waals surface area contributed by atoms with Gasteiger partial charge >= 0.3 is 0 Å². The number of benzene rings is 1. The van der Waals surface area contributed by atoms with Crippen LogP contribution in [-0.2, 0) is 13.1 Å². The molecule has 0 saturated carbocycles. The van der Waals surface area contributed by atoms with Gasteiger partial charge in [-0.2, -0.15) is 0 Å². The van der Waals surface area contributed by atoms with Gasteiger partial charge in [0.25, 0.3) is 0 Å². The van der Waals surface area contributed by atoms with Crippen LogP contribution in [0.25, 0.3) is 0 Å². The predicted molar refractivity (Wildman–Crippen MR) is 109 cm³/mol. The van der Waals surface area contributed by atoms with E-state index in [0.717, 1.165) is 19.0 Å². The molecule has 0 aliphatic carbocycles. The highest BCUT2D eigenvalue weighted by molar-refractivity contribution is 5.80. The van der Waals surface area contributed by atoms with E-state index in [4.69, 9.17) is 4.99 Å². The lowest BCUT2D eigenvalue weighted by molar-refractivity contribution is 0.547. The van der Waals surface area contributed by atoms with Gasteiger partial charge in [0.15, 0.2) is 5.96 Å². The van der Waals surface area contributed by atoms with Crippen molar-refractivity contribution in [3.63, 3.8) is 0 Å². The summed E-state index contributed by atoms with van der Waals surface area (Å²) in [6.07, 6.45) is 10.6. The molecule has 2 aromatic rings. The molecule has 0 saturated heterocycles. The van der Waals surface area contributed by atoms with Crippen molar-refractivity contribution in [3.8, 4) is 0 Å². The summed E-state index contributed by atoms with van der Waals surface area (Å²) in [4.78, 5) is 8.86. The van der Waals surface area contributed by atoms with Gasteiger partial charge in [0.05, 0.1) is 12.9 Å². The van der Waals surface area contributed by atoms with Gasteiger partial charge in [-0.15, -0.1) is 0 Å². The lowest BCUT2D eigenvalue weighted by atomic mass is 10.1. The van der Waals surface area contributed by atoms with Crippen molar-refractivity contribution in [1.29, 1.82) is 0 Å². The Hall–Kier alpha value is -2.30. The molecule has 0 spiro atoms. The molecule has 1 unspecified atom stereocenters. The maximum absolute atomic E-state index is 4.77. The standard InChI is InChI=1S/C21H33N5/c1-4-6-7-9-18(3)25-21(23-5-2)24-15-19-10-8-11-20(14-19)16-26-13-12-22-17-26/h8,10-14,17-18H,4-7,9,15-16H2,1-3H3,(H2,23,24,25). The van der Waals surface area contributed by atoms with Crippen molar-refractivity contribution < 1.29 is 0 Å². The fourth-order valence-electron chi connectivity index (χ4n) is 2.91. The van der Waals surface area contributed by atoms with Gasteiger partial charge in [-0.1, -0.05) is 50.5 Å². The van der Waals surface area contributed by atoms with Crippen molar-refractivity contribution in [1.82, 2.24) is 20.2 Å². The predicted octanol–water partition coefficient (Wildman–Crippen LogP) is 3.96. The van der Waals surface area contributed by atoms with E-state index in [1.54, 1.807) is 0 Å². The topological polar surface area (TPSA) is 54.2 Å². The van der Waals surface area contributed by atoms with Crippen LogP contribution in [0, 0.1) is 0 Å². The van der Waals surface area contributed by atoms with Crippen LogP contribution in [0.4, 0.5) is 0 Å². The van der Waals surface area contributed by atoms with E-state index in [1.807, 2.05) is 18.7 Å². The molecule has 0 bridgehead atoms. The molecule has 0 amide bonds. The fraction of sp³-hybridized carbons (Fsp3) is 0.524. The second-order valence-corrected chi connectivity index (χ2v) is 6.79. The van der Waals surface area contributed by atoms with Gasteiger partial charge in [-0.3, -0.25) is 0 Å². The first-order valence-electron chi connectivity index (χ1n) is 9.79. The summed E-state index contributed by atoms with van der Waals surface area (Å²) >= 11 is 0. The summed E-state index contributed by atoms with van der Waals surface area (Å²) < 4.78 is 2.08. The molecule has 1 heterocycles. The Kier molecular flexibility index (Phi) is 8.73. The molecule has 5 heteroatoms. The average Bonchev–Trinajstić information content (AvgIpc) is 3.13. The maximum Gasteiger partial charge on any atom is 0.191 e. The Morgan fingerprint density at radius 1 is 1.23 bits per heavy atom. The largest absolute Gasteiger partial charge is 0.357 e. The summed E-state index contributed by atoms with van der Waals surface area (Å²) in [5, 5.41) is 6.88. The Morgan fingerprint density at radius 2 is 2.08 bits per heavy atom. The summed E-state index contributed by atoms with van der Waals surface area (Å²) in [5.41, 5.74) is 2.49. The number of guanidine groups is 1. The number of hydrogen-bond acceptors (Lipinski definition) is 2. The Morgan fingerprint density at radius 3 is 2.81 bits per heavy atom. The van der Waals surface area contributed by atoms with Crippen molar-refractivity contribution in [2.24, 2.45) is 4.99 Å². The molecular formula is C21H33N5. The quantitative estimate of drug-likeness (QED) is 0.385. The molecule has 1 atom stereocenters. The molecule has 0 radical (unpaired) electrons. The van der Waals surface area contributed by atoms with Crippen molar-refractivity contribution in [2.75, 3.05) is 6.54 Å². The van der Waals surface area contributed by atoms with Gasteiger partial charge in [0.1, 0.15) is 0 Å². The van der Waals surface area contributed by atoms with Crippen LogP contribution < -0.4 is 10.6 Å². The van der Waals surface area contributed by atoms with Crippen molar-refractivity contribution in [3.05, 3.63) is 54.1 Å². The number of hydrogen-bond donors (Lipinski definition) is 2. The Labute approximate surface area is 158 Å². The van der Waals surface area contributed by atoms with Gasteiger partial charge < -0.3 is 15.2 Å². The average molecular weight is 356 g/mol. The van der Waals surface area contributed by atoms with Crippen LogP contribution in [0.15, 0.2) is 48.0 Å². The molecule has 26 heavy (non-hydrogen) atoms. The number of nitrogens with zero attached hydrogens (tertiary/aromatic N) is 3. The summed E-state index contributed by atoms with van der Waals surface area (Å²) in [6.45, 7) is 8.96. The van der Waals surface area contributed by atoms with Crippen molar-refractivity contribution in [2.45, 2.75) is 65.6 Å². The van der Waals surface area contributed by atoms with Gasteiger partial charge in [0.2, 0.25) is 0 Å². The van der Waals surface area contributed by atoms with Crippen LogP contribution in [0.2, 0.25) is 0 Å². The fourth-order valence-corrected chi connectivity index (χ4v) is 2.91. The van der Waals surface area contributed by atoms with Crippen LogP contribution in [0.1, 0.15) is 57.6 Å². The minimum Gasteiger partial charge on any atom is -0.357 e. The number of rotatable bonds is 10. The smallest absolute Gasteiger partial charge is 0.191 e. The lowest BCUT2D eigenvalue weighted by Crippen LogP contribution is -2.42. The van der Waals surface area contributed by atoms with E-state index >= 15 is 0 Å². The highest BCUT2D eigenvalue weighted by Crippen LogP contribution is 2.09. The maximum atomic E-state index is 4.77. The third-order valence-corrected chi connectivity index (χ3v) is 4.30. The second kappa shape index (κ2) is 11.3. The zero-order chi connectivity index (χ0) is 18.6. The Balaban J connectivity index is 1.93. The van der Waals surface area contributed by atoms with Gasteiger partial charge in [-0.05, 0) is 31.4 Å². The number of nitrogens with one attached hydrogen (secondary N) is 2. The van der Waals surface area contributed by atoms with E-state index < -0.39 is 0 Å². The van der Waals surface area contributed by atoms with Gasteiger partial charge in [-0.25, -0.2) is 9.98 Å². The number of aliphatic imine (C=N–C) groups is 1. The molecule has 5 nitrogen and oxygen atoms in total. The minimum atomic E-state index is 0.437. The van der Waals surface area contributed by atoms with E-state index in [9.17, 15) is 0 Å². The van der Waals surface area contributed by atoms with E-state index in [2.05, 4.69) is 65.2 Å². The lowest BCUT2D eigenvalue weighted by Gasteiger charge is -2.17. The zero-order valence-corrected chi connectivity index (χ0v) is 16.4. The number of aromatic nitrogens is 2. The zero-order valence-electron chi connectivity index (χ0n) is 16.4. The number of unbranched alkanes of at least 4 members (excludes halogenated alkanes) is 2. The highest BCUT2D eigenvalue weighted by atomic mass is 15.2. The van der Waals surface area contributed by atoms with E-state index in [-0.39, 0.29) is 0 Å². The second-order valence-electron chi connectivity index (χ2n) is 6.79. The summed E-state index contributed by atoms with van der Waals surface area (Å²) in [6, 6.07) is 9.04. The Bertz CT molecular complexity index is 648. The summed E-state index contributed by atoms with van der Waals surface area (Å²) in [7, 11) is 0. The first kappa shape index (κ1) is 20.0. The first-order valence-corrected chi connectivity index (χ1v) is 9.79. The minimum absolute atomic E-state index is 0.437. The highest BCUT2D eigenvalue weighted by Gasteiger charge is 2.05. The SMILES string of the molecule is CCCCCC(C)NC(=NCc1cccc(Cn2ccnc2)c1)NCC. The molecule has 2 rings (SSSR count). The molecule has 142 valence electrons. The van der Waals surface area contributed by atoms with E-state index in [1.165, 1.54) is 36.8 Å². The van der Waals surface area contributed by atoms with E-state index in [0.29, 0.717) is 12.6 Å².